The van der Waals surface area contributed by atoms with Crippen molar-refractivity contribution in [3.8, 4) is 0 Å². The summed E-state index contributed by atoms with van der Waals surface area (Å²) in [7, 11) is 0. The van der Waals surface area contributed by atoms with Crippen LogP contribution in [0.15, 0.2) is 30.5 Å². The molecule has 2 aromatic rings. The summed E-state index contributed by atoms with van der Waals surface area (Å²) in [4.78, 5) is 0. The first kappa shape index (κ1) is 13.2. The summed E-state index contributed by atoms with van der Waals surface area (Å²) >= 11 is 0. The highest BCUT2D eigenvalue weighted by molar-refractivity contribution is 5.80. The molecule has 2 N–H and O–H groups in total. The smallest absolute Gasteiger partial charge is 0.0480 e. The zero-order chi connectivity index (χ0) is 12.8. The van der Waals surface area contributed by atoms with Gasteiger partial charge in [0.15, 0.2) is 0 Å². The van der Waals surface area contributed by atoms with Crippen LogP contribution in [0, 0.1) is 0 Å². The second-order valence-electron chi connectivity index (χ2n) is 5.00. The zero-order valence-electron chi connectivity index (χ0n) is 11.4. The van der Waals surface area contributed by atoms with E-state index < -0.39 is 0 Å². The summed E-state index contributed by atoms with van der Waals surface area (Å²) in [5.41, 5.74) is 8.29. The molecule has 1 aromatic carbocycles. The molecule has 0 saturated carbocycles. The lowest BCUT2D eigenvalue weighted by Crippen LogP contribution is -2.02. The lowest BCUT2D eigenvalue weighted by atomic mass is 10.1. The lowest BCUT2D eigenvalue weighted by molar-refractivity contribution is 0.593. The lowest BCUT2D eigenvalue weighted by Gasteiger charge is -2.06. The Morgan fingerprint density at radius 1 is 1.11 bits per heavy atom. The summed E-state index contributed by atoms with van der Waals surface area (Å²) in [5, 5.41) is 1.34. The monoisotopic (exact) mass is 244 g/mol. The number of benzene rings is 1. The van der Waals surface area contributed by atoms with Crippen molar-refractivity contribution in [2.75, 3.05) is 6.54 Å². The molecule has 0 aliphatic heterocycles. The highest BCUT2D eigenvalue weighted by Gasteiger charge is 2.01. The van der Waals surface area contributed by atoms with Gasteiger partial charge in [0.05, 0.1) is 0 Å². The van der Waals surface area contributed by atoms with Gasteiger partial charge in [-0.1, -0.05) is 32.3 Å². The molecule has 0 amide bonds. The Morgan fingerprint density at radius 3 is 2.78 bits per heavy atom. The first-order chi connectivity index (χ1) is 8.85. The molecule has 0 radical (unpaired) electrons. The van der Waals surface area contributed by atoms with Crippen LogP contribution >= 0.6 is 0 Å². The van der Waals surface area contributed by atoms with Crippen molar-refractivity contribution >= 4 is 10.9 Å². The molecular weight excluding hydrogens is 220 g/mol. The first-order valence-corrected chi connectivity index (χ1v) is 7.13. The van der Waals surface area contributed by atoms with Crippen molar-refractivity contribution in [1.82, 2.24) is 4.57 Å². The van der Waals surface area contributed by atoms with Gasteiger partial charge >= 0.3 is 0 Å². The maximum atomic E-state index is 5.60. The number of unbranched alkanes of at least 4 members (excludes halogenated alkanes) is 3. The molecule has 0 unspecified atom stereocenters. The van der Waals surface area contributed by atoms with Crippen molar-refractivity contribution in [3.63, 3.8) is 0 Å². The van der Waals surface area contributed by atoms with Crippen LogP contribution in [-0.4, -0.2) is 11.1 Å². The topological polar surface area (TPSA) is 30.9 Å². The molecule has 2 rings (SSSR count). The SMILES string of the molecule is CCCCCCn1ccc2cc(CCN)ccc21. The fourth-order valence-electron chi connectivity index (χ4n) is 2.48. The van der Waals surface area contributed by atoms with Crippen molar-refractivity contribution in [3.05, 3.63) is 36.0 Å². The number of nitrogens with zero attached hydrogens (tertiary/aromatic N) is 1. The number of nitrogens with two attached hydrogens (primary N) is 1. The molecule has 0 saturated heterocycles. The quantitative estimate of drug-likeness (QED) is 0.739. The molecule has 0 bridgehead atoms. The predicted octanol–water partition coefficient (Wildman–Crippen LogP) is 3.72. The zero-order valence-corrected chi connectivity index (χ0v) is 11.4. The van der Waals surface area contributed by atoms with Gasteiger partial charge in [-0.15, -0.1) is 0 Å². The van der Waals surface area contributed by atoms with E-state index in [0.717, 1.165) is 19.5 Å². The number of hydrogen-bond acceptors (Lipinski definition) is 1. The second kappa shape index (κ2) is 6.60. The third-order valence-corrected chi connectivity index (χ3v) is 3.52. The van der Waals surface area contributed by atoms with Gasteiger partial charge in [-0.05, 0) is 48.5 Å². The fourth-order valence-corrected chi connectivity index (χ4v) is 2.48. The van der Waals surface area contributed by atoms with E-state index in [4.69, 9.17) is 5.73 Å². The van der Waals surface area contributed by atoms with Crippen LogP contribution in [0.5, 0.6) is 0 Å². The van der Waals surface area contributed by atoms with Crippen LogP contribution in [0.2, 0.25) is 0 Å². The van der Waals surface area contributed by atoms with E-state index in [1.165, 1.54) is 42.1 Å². The Bertz CT molecular complexity index is 485. The maximum absolute atomic E-state index is 5.60. The number of aryl methyl sites for hydroxylation is 1. The Balaban J connectivity index is 2.06. The standard InChI is InChI=1S/C16H24N2/c1-2-3-4-5-11-18-12-9-15-13-14(8-10-17)6-7-16(15)18/h6-7,9,12-13H,2-5,8,10-11,17H2,1H3. The average Bonchev–Trinajstić information content (AvgIpc) is 2.78. The van der Waals surface area contributed by atoms with Gasteiger partial charge in [-0.2, -0.15) is 0 Å². The molecule has 0 aliphatic rings. The summed E-state index contributed by atoms with van der Waals surface area (Å²) in [6, 6.07) is 8.93. The minimum atomic E-state index is 0.725. The van der Waals surface area contributed by atoms with E-state index in [-0.39, 0.29) is 0 Å². The second-order valence-corrected chi connectivity index (χ2v) is 5.00. The van der Waals surface area contributed by atoms with E-state index in [1.807, 2.05) is 0 Å². The van der Waals surface area contributed by atoms with Crippen LogP contribution in [0.3, 0.4) is 0 Å². The molecule has 1 aromatic heterocycles. The molecular formula is C16H24N2. The minimum Gasteiger partial charge on any atom is -0.347 e. The Labute approximate surface area is 110 Å². The van der Waals surface area contributed by atoms with Crippen LogP contribution in [-0.2, 0) is 13.0 Å². The van der Waals surface area contributed by atoms with Gasteiger partial charge in [0.2, 0.25) is 0 Å². The highest BCUT2D eigenvalue weighted by Crippen LogP contribution is 2.18. The van der Waals surface area contributed by atoms with Crippen molar-refractivity contribution in [1.29, 1.82) is 0 Å². The normalized spacial score (nSPS) is 11.2. The molecule has 98 valence electrons. The van der Waals surface area contributed by atoms with Gasteiger partial charge in [-0.3, -0.25) is 0 Å². The maximum Gasteiger partial charge on any atom is 0.0480 e. The number of fused-ring (bicyclic) bond motifs is 1. The van der Waals surface area contributed by atoms with Gasteiger partial charge in [0.25, 0.3) is 0 Å². The Morgan fingerprint density at radius 2 is 2.00 bits per heavy atom. The third-order valence-electron chi connectivity index (χ3n) is 3.52. The number of aromatic nitrogens is 1. The van der Waals surface area contributed by atoms with Crippen LogP contribution < -0.4 is 5.73 Å². The number of rotatable bonds is 7. The first-order valence-electron chi connectivity index (χ1n) is 7.13. The van der Waals surface area contributed by atoms with Gasteiger partial charge < -0.3 is 10.3 Å². The van der Waals surface area contributed by atoms with E-state index in [9.17, 15) is 0 Å². The molecule has 0 aliphatic carbocycles. The minimum absolute atomic E-state index is 0.725. The predicted molar refractivity (Wildman–Crippen MR) is 78.8 cm³/mol. The van der Waals surface area contributed by atoms with Crippen LogP contribution in [0.1, 0.15) is 38.2 Å². The molecule has 2 nitrogen and oxygen atoms in total. The molecule has 0 atom stereocenters. The van der Waals surface area contributed by atoms with Gasteiger partial charge in [0.1, 0.15) is 0 Å². The summed E-state index contributed by atoms with van der Waals surface area (Å²) in [6.07, 6.45) is 8.44. The molecule has 1 heterocycles. The van der Waals surface area contributed by atoms with Crippen molar-refractivity contribution in [2.45, 2.75) is 45.6 Å². The molecule has 0 spiro atoms. The average molecular weight is 244 g/mol. The third kappa shape index (κ3) is 3.14. The van der Waals surface area contributed by atoms with Crippen molar-refractivity contribution < 1.29 is 0 Å². The molecule has 2 heteroatoms. The fraction of sp³-hybridized carbons (Fsp3) is 0.500. The van der Waals surface area contributed by atoms with Crippen molar-refractivity contribution in [2.24, 2.45) is 5.73 Å². The highest BCUT2D eigenvalue weighted by atomic mass is 14.9. The Kier molecular flexibility index (Phi) is 4.82. The largest absolute Gasteiger partial charge is 0.347 e. The van der Waals surface area contributed by atoms with E-state index in [2.05, 4.69) is 42.0 Å². The molecule has 0 fully saturated rings. The molecule has 18 heavy (non-hydrogen) atoms. The summed E-state index contributed by atoms with van der Waals surface area (Å²) in [5.74, 6) is 0. The summed E-state index contributed by atoms with van der Waals surface area (Å²) < 4.78 is 2.37. The van der Waals surface area contributed by atoms with E-state index in [0.29, 0.717) is 0 Å². The Hall–Kier alpha value is -1.28. The van der Waals surface area contributed by atoms with Crippen LogP contribution in [0.4, 0.5) is 0 Å². The van der Waals surface area contributed by atoms with Gasteiger partial charge in [-0.25, -0.2) is 0 Å². The van der Waals surface area contributed by atoms with E-state index in [1.54, 1.807) is 0 Å². The van der Waals surface area contributed by atoms with Crippen LogP contribution in [0.25, 0.3) is 10.9 Å². The van der Waals surface area contributed by atoms with E-state index >= 15 is 0 Å². The van der Waals surface area contributed by atoms with Gasteiger partial charge in [0, 0.05) is 18.3 Å². The number of hydrogen-bond donors (Lipinski definition) is 1. The summed E-state index contributed by atoms with van der Waals surface area (Å²) in [6.45, 7) is 4.12.